The standard InChI is InChI=1S/C8H16N2O3/c1-5(6(2)9)8(13)10(3)4-7(11)12/h5-6H,4,9H2,1-3H3,(H,11,12). The van der Waals surface area contributed by atoms with Gasteiger partial charge in [0.1, 0.15) is 6.54 Å². The third-order valence-corrected chi connectivity index (χ3v) is 1.93. The number of carbonyl (C=O) groups excluding carboxylic acids is 1. The molecule has 0 saturated heterocycles. The van der Waals surface area contributed by atoms with Gasteiger partial charge >= 0.3 is 5.97 Å². The van der Waals surface area contributed by atoms with E-state index in [4.69, 9.17) is 10.8 Å². The molecule has 0 heterocycles. The number of carbonyl (C=O) groups is 2. The minimum Gasteiger partial charge on any atom is -0.480 e. The summed E-state index contributed by atoms with van der Waals surface area (Å²) in [5.41, 5.74) is 5.51. The van der Waals surface area contributed by atoms with Gasteiger partial charge in [-0.05, 0) is 6.92 Å². The number of hydrogen-bond donors (Lipinski definition) is 2. The van der Waals surface area contributed by atoms with Gasteiger partial charge in [-0.2, -0.15) is 0 Å². The predicted molar refractivity (Wildman–Crippen MR) is 48.1 cm³/mol. The average Bonchev–Trinajstić information content (AvgIpc) is 2.00. The van der Waals surface area contributed by atoms with Crippen LogP contribution in [0.2, 0.25) is 0 Å². The van der Waals surface area contributed by atoms with Crippen molar-refractivity contribution in [3.05, 3.63) is 0 Å². The number of hydrogen-bond acceptors (Lipinski definition) is 3. The second-order valence-electron chi connectivity index (χ2n) is 3.24. The zero-order valence-corrected chi connectivity index (χ0v) is 8.15. The summed E-state index contributed by atoms with van der Waals surface area (Å²) >= 11 is 0. The van der Waals surface area contributed by atoms with Gasteiger partial charge in [-0.1, -0.05) is 6.92 Å². The number of nitrogens with two attached hydrogens (primary N) is 1. The lowest BCUT2D eigenvalue weighted by atomic mass is 10.0. The molecule has 0 aromatic rings. The highest BCUT2D eigenvalue weighted by molar-refractivity contribution is 5.83. The second-order valence-corrected chi connectivity index (χ2v) is 3.24. The summed E-state index contributed by atoms with van der Waals surface area (Å²) in [7, 11) is 1.45. The smallest absolute Gasteiger partial charge is 0.323 e. The number of amides is 1. The van der Waals surface area contributed by atoms with Gasteiger partial charge in [0.25, 0.3) is 0 Å². The number of nitrogens with zero attached hydrogens (tertiary/aromatic N) is 1. The summed E-state index contributed by atoms with van der Waals surface area (Å²) < 4.78 is 0. The first-order valence-corrected chi connectivity index (χ1v) is 4.08. The van der Waals surface area contributed by atoms with Crippen molar-refractivity contribution in [3.8, 4) is 0 Å². The van der Waals surface area contributed by atoms with E-state index in [1.807, 2.05) is 0 Å². The van der Waals surface area contributed by atoms with Gasteiger partial charge in [-0.15, -0.1) is 0 Å². The fraction of sp³-hybridized carbons (Fsp3) is 0.750. The van der Waals surface area contributed by atoms with Crippen LogP contribution in [0, 0.1) is 5.92 Å². The zero-order valence-electron chi connectivity index (χ0n) is 8.15. The average molecular weight is 188 g/mol. The van der Waals surface area contributed by atoms with Crippen LogP contribution in [0.15, 0.2) is 0 Å². The summed E-state index contributed by atoms with van der Waals surface area (Å²) in [6.45, 7) is 3.12. The molecular weight excluding hydrogens is 172 g/mol. The monoisotopic (exact) mass is 188 g/mol. The first kappa shape index (κ1) is 11.9. The molecule has 0 saturated carbocycles. The van der Waals surface area contributed by atoms with Crippen LogP contribution in [-0.4, -0.2) is 41.5 Å². The summed E-state index contributed by atoms with van der Waals surface area (Å²) in [6.07, 6.45) is 0. The molecule has 76 valence electrons. The van der Waals surface area contributed by atoms with Crippen molar-refractivity contribution in [2.24, 2.45) is 11.7 Å². The van der Waals surface area contributed by atoms with E-state index >= 15 is 0 Å². The molecule has 0 aliphatic carbocycles. The number of likely N-dealkylation sites (N-methyl/N-ethyl adjacent to an activating group) is 1. The first-order chi connectivity index (χ1) is 5.86. The van der Waals surface area contributed by atoms with Crippen molar-refractivity contribution >= 4 is 11.9 Å². The SMILES string of the molecule is CC(N)C(C)C(=O)N(C)CC(=O)O. The molecule has 1 amide bonds. The molecule has 3 N–H and O–H groups in total. The van der Waals surface area contributed by atoms with Crippen LogP contribution in [0.5, 0.6) is 0 Å². The molecule has 0 spiro atoms. The summed E-state index contributed by atoms with van der Waals surface area (Å²) in [5, 5.41) is 8.43. The summed E-state index contributed by atoms with van der Waals surface area (Å²) in [5.74, 6) is -1.60. The van der Waals surface area contributed by atoms with E-state index < -0.39 is 5.97 Å². The molecule has 5 heteroatoms. The molecule has 0 aromatic heterocycles. The van der Waals surface area contributed by atoms with Gasteiger partial charge in [-0.25, -0.2) is 0 Å². The lowest BCUT2D eigenvalue weighted by Gasteiger charge is -2.21. The predicted octanol–water partition coefficient (Wildman–Crippen LogP) is -0.487. The lowest BCUT2D eigenvalue weighted by molar-refractivity contribution is -0.145. The molecule has 0 bridgehead atoms. The van der Waals surface area contributed by atoms with Gasteiger partial charge in [0.2, 0.25) is 5.91 Å². The number of aliphatic carboxylic acids is 1. The topological polar surface area (TPSA) is 83.6 Å². The van der Waals surface area contributed by atoms with E-state index in [-0.39, 0.29) is 24.4 Å². The molecule has 0 aliphatic rings. The van der Waals surface area contributed by atoms with Crippen molar-refractivity contribution in [1.82, 2.24) is 4.90 Å². The fourth-order valence-corrected chi connectivity index (χ4v) is 0.853. The Labute approximate surface area is 77.5 Å². The molecule has 0 aliphatic heterocycles. The largest absolute Gasteiger partial charge is 0.480 e. The van der Waals surface area contributed by atoms with Gasteiger partial charge in [0, 0.05) is 13.1 Å². The van der Waals surface area contributed by atoms with E-state index in [1.165, 1.54) is 7.05 Å². The second kappa shape index (κ2) is 4.81. The molecule has 0 rings (SSSR count). The number of carboxylic acids is 1. The minimum absolute atomic E-state index is 0.239. The summed E-state index contributed by atoms with van der Waals surface area (Å²) in [6, 6.07) is -0.260. The van der Waals surface area contributed by atoms with Crippen molar-refractivity contribution in [3.63, 3.8) is 0 Å². The number of rotatable bonds is 4. The molecule has 5 nitrogen and oxygen atoms in total. The van der Waals surface area contributed by atoms with E-state index in [0.29, 0.717) is 0 Å². The molecule has 2 atom stereocenters. The first-order valence-electron chi connectivity index (χ1n) is 4.08. The highest BCUT2D eigenvalue weighted by Crippen LogP contribution is 2.03. The normalized spacial score (nSPS) is 14.8. The highest BCUT2D eigenvalue weighted by Gasteiger charge is 2.21. The molecule has 0 aromatic carbocycles. The van der Waals surface area contributed by atoms with Crippen LogP contribution < -0.4 is 5.73 Å². The Morgan fingerprint density at radius 3 is 2.23 bits per heavy atom. The van der Waals surface area contributed by atoms with Crippen molar-refractivity contribution in [1.29, 1.82) is 0 Å². The Kier molecular flexibility index (Phi) is 4.40. The van der Waals surface area contributed by atoms with Crippen LogP contribution >= 0.6 is 0 Å². The van der Waals surface area contributed by atoms with Crippen LogP contribution in [-0.2, 0) is 9.59 Å². The molecule has 13 heavy (non-hydrogen) atoms. The summed E-state index contributed by atoms with van der Waals surface area (Å²) in [4.78, 5) is 22.8. The Hall–Kier alpha value is -1.10. The fourth-order valence-electron chi connectivity index (χ4n) is 0.853. The van der Waals surface area contributed by atoms with Gasteiger partial charge in [0.15, 0.2) is 0 Å². The van der Waals surface area contributed by atoms with Crippen molar-refractivity contribution < 1.29 is 14.7 Å². The molecule has 0 fully saturated rings. The van der Waals surface area contributed by atoms with Gasteiger partial charge in [-0.3, -0.25) is 9.59 Å². The van der Waals surface area contributed by atoms with E-state index in [0.717, 1.165) is 4.90 Å². The molecule has 2 unspecified atom stereocenters. The molecule has 0 radical (unpaired) electrons. The number of carboxylic acid groups (broad SMARTS) is 1. The Balaban J connectivity index is 4.17. The lowest BCUT2D eigenvalue weighted by Crippen LogP contribution is -2.41. The van der Waals surface area contributed by atoms with Crippen LogP contribution in [0.25, 0.3) is 0 Å². The Morgan fingerprint density at radius 1 is 1.46 bits per heavy atom. The maximum Gasteiger partial charge on any atom is 0.323 e. The van der Waals surface area contributed by atoms with Crippen LogP contribution in [0.3, 0.4) is 0 Å². The van der Waals surface area contributed by atoms with E-state index in [2.05, 4.69) is 0 Å². The van der Waals surface area contributed by atoms with E-state index in [9.17, 15) is 9.59 Å². The minimum atomic E-state index is -1.02. The van der Waals surface area contributed by atoms with E-state index in [1.54, 1.807) is 13.8 Å². The van der Waals surface area contributed by atoms with Crippen LogP contribution in [0.4, 0.5) is 0 Å². The Bertz CT molecular complexity index is 204. The maximum absolute atomic E-state index is 11.4. The Morgan fingerprint density at radius 2 is 1.92 bits per heavy atom. The third kappa shape index (κ3) is 3.89. The van der Waals surface area contributed by atoms with Gasteiger partial charge < -0.3 is 15.7 Å². The quantitative estimate of drug-likeness (QED) is 0.623. The highest BCUT2D eigenvalue weighted by atomic mass is 16.4. The molecular formula is C8H16N2O3. The zero-order chi connectivity index (χ0) is 10.6. The van der Waals surface area contributed by atoms with Crippen molar-refractivity contribution in [2.75, 3.05) is 13.6 Å². The van der Waals surface area contributed by atoms with Gasteiger partial charge in [0.05, 0.1) is 5.92 Å². The van der Waals surface area contributed by atoms with Crippen molar-refractivity contribution in [2.45, 2.75) is 19.9 Å². The third-order valence-electron chi connectivity index (χ3n) is 1.93. The van der Waals surface area contributed by atoms with Crippen LogP contribution in [0.1, 0.15) is 13.8 Å². The maximum atomic E-state index is 11.4.